The number of nitrogens with zero attached hydrogens (tertiary/aromatic N) is 3. The predicted octanol–water partition coefficient (Wildman–Crippen LogP) is -0.839. The molecule has 2 heterocycles. The predicted molar refractivity (Wildman–Crippen MR) is 84.1 cm³/mol. The second-order valence-corrected chi connectivity index (χ2v) is 7.41. The smallest absolute Gasteiger partial charge is 0.255 e. The van der Waals surface area contributed by atoms with E-state index in [1.54, 1.807) is 18.3 Å². The fourth-order valence-corrected chi connectivity index (χ4v) is 3.38. The van der Waals surface area contributed by atoms with Crippen LogP contribution < -0.4 is 5.32 Å². The minimum absolute atomic E-state index is 0.0648. The Balaban J connectivity index is 2.25. The number of sulfonamides is 1. The first-order chi connectivity index (χ1) is 10.8. The maximum absolute atomic E-state index is 12.6. The van der Waals surface area contributed by atoms with Crippen molar-refractivity contribution in [1.29, 1.82) is 0 Å². The average Bonchev–Trinajstić information content (AvgIpc) is 2.77. The summed E-state index contributed by atoms with van der Waals surface area (Å²) < 4.78 is 24.9. The summed E-state index contributed by atoms with van der Waals surface area (Å²) in [5.41, 5.74) is 0.413. The molecule has 0 aliphatic carbocycles. The summed E-state index contributed by atoms with van der Waals surface area (Å²) >= 11 is 0. The highest BCUT2D eigenvalue weighted by atomic mass is 32.2. The van der Waals surface area contributed by atoms with E-state index in [0.29, 0.717) is 5.56 Å². The molecular weight excluding hydrogens is 320 g/mol. The third kappa shape index (κ3) is 4.26. The monoisotopic (exact) mass is 340 g/mol. The first-order valence-electron chi connectivity index (χ1n) is 7.19. The first kappa shape index (κ1) is 17.4. The van der Waals surface area contributed by atoms with Crippen molar-refractivity contribution >= 4 is 21.8 Å². The summed E-state index contributed by atoms with van der Waals surface area (Å²) in [4.78, 5) is 30.0. The molecule has 0 saturated carbocycles. The number of aromatic nitrogens is 1. The zero-order valence-corrected chi connectivity index (χ0v) is 13.9. The van der Waals surface area contributed by atoms with E-state index in [0.717, 1.165) is 6.26 Å². The van der Waals surface area contributed by atoms with Crippen LogP contribution in [0.25, 0.3) is 0 Å². The zero-order chi connectivity index (χ0) is 17.0. The molecule has 2 rings (SSSR count). The second kappa shape index (κ2) is 7.05. The molecule has 1 saturated heterocycles. The van der Waals surface area contributed by atoms with E-state index in [9.17, 15) is 18.0 Å². The number of hydrogen-bond donors (Lipinski definition) is 1. The van der Waals surface area contributed by atoms with Gasteiger partial charge < -0.3 is 10.2 Å². The Labute approximate surface area is 135 Å². The maximum atomic E-state index is 12.6. The number of amides is 2. The van der Waals surface area contributed by atoms with Crippen molar-refractivity contribution in [2.45, 2.75) is 0 Å². The van der Waals surface area contributed by atoms with Crippen LogP contribution in [0.2, 0.25) is 0 Å². The van der Waals surface area contributed by atoms with Crippen LogP contribution in [-0.4, -0.2) is 73.9 Å². The van der Waals surface area contributed by atoms with Gasteiger partial charge in [0.2, 0.25) is 15.9 Å². The number of nitrogens with one attached hydrogen (secondary N) is 1. The van der Waals surface area contributed by atoms with E-state index >= 15 is 0 Å². The van der Waals surface area contributed by atoms with Crippen LogP contribution >= 0.6 is 0 Å². The van der Waals surface area contributed by atoms with E-state index in [-0.39, 0.29) is 38.0 Å². The Morgan fingerprint density at radius 1 is 1.30 bits per heavy atom. The summed E-state index contributed by atoms with van der Waals surface area (Å²) in [6.45, 7) is 0.626. The maximum Gasteiger partial charge on any atom is 0.255 e. The summed E-state index contributed by atoms with van der Waals surface area (Å²) in [6.07, 6.45) is 4.13. The van der Waals surface area contributed by atoms with Gasteiger partial charge in [0.25, 0.3) is 5.91 Å². The van der Waals surface area contributed by atoms with Crippen LogP contribution in [0.4, 0.5) is 0 Å². The molecule has 0 spiro atoms. The van der Waals surface area contributed by atoms with Gasteiger partial charge in [0.15, 0.2) is 0 Å². The molecule has 1 N–H and O–H groups in total. The highest BCUT2D eigenvalue weighted by molar-refractivity contribution is 7.88. The minimum atomic E-state index is -3.43. The number of rotatable bonds is 3. The van der Waals surface area contributed by atoms with Crippen molar-refractivity contribution in [2.24, 2.45) is 5.92 Å². The first-order valence-corrected chi connectivity index (χ1v) is 9.03. The van der Waals surface area contributed by atoms with Crippen molar-refractivity contribution in [1.82, 2.24) is 19.5 Å². The Morgan fingerprint density at radius 2 is 2.04 bits per heavy atom. The highest BCUT2D eigenvalue weighted by Gasteiger charge is 2.33. The van der Waals surface area contributed by atoms with Gasteiger partial charge in [0.1, 0.15) is 0 Å². The SMILES string of the molecule is CNC(=O)C1CN(C(=O)c2cccnc2)CCN(S(C)(=O)=O)C1. The molecule has 0 radical (unpaired) electrons. The van der Waals surface area contributed by atoms with Gasteiger partial charge in [-0.15, -0.1) is 0 Å². The standard InChI is InChI=1S/C14H20N4O4S/c1-15-13(19)12-9-17(6-7-18(10-12)23(2,21)22)14(20)11-4-3-5-16-8-11/h3-5,8,12H,6-7,9-10H2,1-2H3,(H,15,19). The number of pyridine rings is 1. The Bertz CT molecular complexity index is 677. The van der Waals surface area contributed by atoms with Gasteiger partial charge in [0.05, 0.1) is 17.7 Å². The second-order valence-electron chi connectivity index (χ2n) is 5.43. The van der Waals surface area contributed by atoms with E-state index in [1.165, 1.54) is 22.4 Å². The average molecular weight is 340 g/mol. The fourth-order valence-electron chi connectivity index (χ4n) is 2.51. The molecule has 1 aromatic heterocycles. The van der Waals surface area contributed by atoms with Gasteiger partial charge >= 0.3 is 0 Å². The normalized spacial score (nSPS) is 19.9. The largest absolute Gasteiger partial charge is 0.359 e. The van der Waals surface area contributed by atoms with E-state index < -0.39 is 15.9 Å². The van der Waals surface area contributed by atoms with Crippen molar-refractivity contribution in [2.75, 3.05) is 39.5 Å². The summed E-state index contributed by atoms with van der Waals surface area (Å²) in [5, 5.41) is 2.52. The molecule has 126 valence electrons. The number of hydrogen-bond acceptors (Lipinski definition) is 5. The number of carbonyl (C=O) groups is 2. The molecule has 1 fully saturated rings. The summed E-state index contributed by atoms with van der Waals surface area (Å²) in [7, 11) is -1.94. The van der Waals surface area contributed by atoms with Crippen LogP contribution in [0.3, 0.4) is 0 Å². The summed E-state index contributed by atoms with van der Waals surface area (Å²) in [5.74, 6) is -1.16. The van der Waals surface area contributed by atoms with Crippen molar-refractivity contribution in [3.05, 3.63) is 30.1 Å². The van der Waals surface area contributed by atoms with Gasteiger partial charge in [-0.1, -0.05) is 0 Å². The quantitative estimate of drug-likeness (QED) is 0.773. The van der Waals surface area contributed by atoms with Gasteiger partial charge in [-0.2, -0.15) is 4.31 Å². The Kier molecular flexibility index (Phi) is 5.32. The van der Waals surface area contributed by atoms with Crippen molar-refractivity contribution < 1.29 is 18.0 Å². The molecule has 1 aliphatic rings. The minimum Gasteiger partial charge on any atom is -0.359 e. The lowest BCUT2D eigenvalue weighted by Gasteiger charge is -2.23. The van der Waals surface area contributed by atoms with Crippen molar-refractivity contribution in [3.63, 3.8) is 0 Å². The number of carbonyl (C=O) groups excluding carboxylic acids is 2. The molecule has 9 heteroatoms. The molecule has 1 unspecified atom stereocenters. The van der Waals surface area contributed by atoms with Crippen LogP contribution in [0, 0.1) is 5.92 Å². The van der Waals surface area contributed by atoms with Gasteiger partial charge in [0, 0.05) is 45.6 Å². The van der Waals surface area contributed by atoms with E-state index in [1.807, 2.05) is 0 Å². The van der Waals surface area contributed by atoms with Crippen LogP contribution in [0.1, 0.15) is 10.4 Å². The summed E-state index contributed by atoms with van der Waals surface area (Å²) in [6, 6.07) is 3.30. The van der Waals surface area contributed by atoms with E-state index in [4.69, 9.17) is 0 Å². The van der Waals surface area contributed by atoms with Gasteiger partial charge in [-0.25, -0.2) is 8.42 Å². The Morgan fingerprint density at radius 3 is 2.61 bits per heavy atom. The van der Waals surface area contributed by atoms with Gasteiger partial charge in [-0.05, 0) is 12.1 Å². The molecular formula is C14H20N4O4S. The van der Waals surface area contributed by atoms with Crippen LogP contribution in [-0.2, 0) is 14.8 Å². The third-order valence-corrected chi connectivity index (χ3v) is 5.04. The molecule has 23 heavy (non-hydrogen) atoms. The molecule has 8 nitrogen and oxygen atoms in total. The zero-order valence-electron chi connectivity index (χ0n) is 13.1. The van der Waals surface area contributed by atoms with Crippen molar-refractivity contribution in [3.8, 4) is 0 Å². The fraction of sp³-hybridized carbons (Fsp3) is 0.500. The molecule has 1 aliphatic heterocycles. The lowest BCUT2D eigenvalue weighted by atomic mass is 10.1. The molecule has 1 aromatic rings. The molecule has 2 amide bonds. The lowest BCUT2D eigenvalue weighted by molar-refractivity contribution is -0.124. The lowest BCUT2D eigenvalue weighted by Crippen LogP contribution is -2.42. The van der Waals surface area contributed by atoms with Gasteiger partial charge in [-0.3, -0.25) is 14.6 Å². The highest BCUT2D eigenvalue weighted by Crippen LogP contribution is 2.15. The third-order valence-electron chi connectivity index (χ3n) is 3.77. The topological polar surface area (TPSA) is 99.7 Å². The van der Waals surface area contributed by atoms with Crippen LogP contribution in [0.5, 0.6) is 0 Å². The molecule has 1 atom stereocenters. The molecule has 0 aromatic carbocycles. The van der Waals surface area contributed by atoms with Crippen LogP contribution in [0.15, 0.2) is 24.5 Å². The Hall–Kier alpha value is -2.00. The van der Waals surface area contributed by atoms with E-state index in [2.05, 4.69) is 10.3 Å². The molecule has 0 bridgehead atoms.